The Morgan fingerprint density at radius 1 is 0.667 bits per heavy atom. The number of thiazole rings is 2. The Labute approximate surface area is 351 Å². The zero-order valence-electron chi connectivity index (χ0n) is 32.6. The van der Waals surface area contributed by atoms with Crippen molar-refractivity contribution in [1.82, 2.24) is 50.3 Å². The Morgan fingerprint density at radius 2 is 1.08 bits per heavy atom. The van der Waals surface area contributed by atoms with Gasteiger partial charge in [-0.05, 0) is 48.9 Å². The SMILES string of the molecule is COC(=O)NC(C(=O)N1CCC[C@H]1c1ncc(-c2nc3cc4sc(-c5cnc([C@@H]6CCCN6C(=O)C(NC(=O)OC)c6ccccc6)[nH]5)nc4cc3s2)[nH]1)c1ccccc1. The summed E-state index contributed by atoms with van der Waals surface area (Å²) in [6, 6.07) is 19.9. The van der Waals surface area contributed by atoms with E-state index in [0.717, 1.165) is 67.5 Å². The van der Waals surface area contributed by atoms with Crippen LogP contribution >= 0.6 is 22.7 Å². The number of rotatable bonds is 10. The molecule has 4 atom stereocenters. The van der Waals surface area contributed by atoms with Crippen molar-refractivity contribution < 1.29 is 28.7 Å². The minimum absolute atomic E-state index is 0.233. The summed E-state index contributed by atoms with van der Waals surface area (Å²) in [5, 5.41) is 6.94. The Balaban J connectivity index is 0.916. The number of nitrogens with one attached hydrogen (secondary N) is 4. The number of aromatic amines is 2. The second-order valence-electron chi connectivity index (χ2n) is 14.5. The molecule has 60 heavy (non-hydrogen) atoms. The molecule has 0 bridgehead atoms. The summed E-state index contributed by atoms with van der Waals surface area (Å²) < 4.78 is 11.6. The Bertz CT molecular complexity index is 2470. The quantitative estimate of drug-likeness (QED) is 0.109. The number of methoxy groups -OCH3 is 2. The maximum atomic E-state index is 13.9. The molecule has 0 saturated carbocycles. The molecule has 0 aliphatic carbocycles. The van der Waals surface area contributed by atoms with E-state index in [1.807, 2.05) is 72.8 Å². The first-order valence-electron chi connectivity index (χ1n) is 19.5. The van der Waals surface area contributed by atoms with Gasteiger partial charge < -0.3 is 39.9 Å². The van der Waals surface area contributed by atoms with Crippen LogP contribution in [0.25, 0.3) is 41.8 Å². The third-order valence-electron chi connectivity index (χ3n) is 10.9. The van der Waals surface area contributed by atoms with Gasteiger partial charge in [0.25, 0.3) is 11.8 Å². The topological polar surface area (TPSA) is 200 Å². The molecule has 4 amide bonds. The number of H-pyrrole nitrogens is 2. The van der Waals surface area contributed by atoms with Crippen LogP contribution < -0.4 is 10.6 Å². The molecule has 0 radical (unpaired) electrons. The fourth-order valence-corrected chi connectivity index (χ4v) is 9.88. The number of carbonyl (C=O) groups excluding carboxylic acids is 4. The first-order chi connectivity index (χ1) is 29.3. The number of likely N-dealkylation sites (tertiary alicyclic amines) is 2. The second kappa shape index (κ2) is 16.5. The van der Waals surface area contributed by atoms with Crippen LogP contribution in [0.2, 0.25) is 0 Å². The van der Waals surface area contributed by atoms with Crippen LogP contribution in [0, 0.1) is 0 Å². The van der Waals surface area contributed by atoms with Crippen LogP contribution in [0.4, 0.5) is 9.59 Å². The molecule has 6 heterocycles. The lowest BCUT2D eigenvalue weighted by molar-refractivity contribution is -0.135. The van der Waals surface area contributed by atoms with Gasteiger partial charge in [-0.2, -0.15) is 0 Å². The van der Waals surface area contributed by atoms with E-state index in [4.69, 9.17) is 29.4 Å². The monoisotopic (exact) mass is 844 g/mol. The molecule has 2 aliphatic rings. The van der Waals surface area contributed by atoms with Gasteiger partial charge in [-0.25, -0.2) is 29.5 Å². The van der Waals surface area contributed by atoms with E-state index in [-0.39, 0.29) is 23.9 Å². The van der Waals surface area contributed by atoms with Crippen molar-refractivity contribution in [3.05, 3.63) is 108 Å². The van der Waals surface area contributed by atoms with Crippen molar-refractivity contribution in [3.8, 4) is 21.4 Å². The molecule has 2 aliphatic heterocycles. The van der Waals surface area contributed by atoms with Crippen LogP contribution in [-0.2, 0) is 19.1 Å². The number of hydrogen-bond acceptors (Lipinski definition) is 12. The molecule has 306 valence electrons. The molecule has 3 aromatic carbocycles. The first-order valence-corrected chi connectivity index (χ1v) is 21.1. The Hall–Kier alpha value is -6.66. The van der Waals surface area contributed by atoms with Crippen molar-refractivity contribution in [3.63, 3.8) is 0 Å². The average molecular weight is 845 g/mol. The van der Waals surface area contributed by atoms with Gasteiger partial charge in [0, 0.05) is 13.1 Å². The van der Waals surface area contributed by atoms with Crippen LogP contribution in [0.5, 0.6) is 0 Å². The number of alkyl carbamates (subject to hydrolysis) is 2. The smallest absolute Gasteiger partial charge is 0.407 e. The van der Waals surface area contributed by atoms with E-state index in [9.17, 15) is 19.2 Å². The summed E-state index contributed by atoms with van der Waals surface area (Å²) in [7, 11) is 2.55. The number of imidazole rings is 2. The fourth-order valence-electron chi connectivity index (χ4n) is 7.99. The summed E-state index contributed by atoms with van der Waals surface area (Å²) in [6.45, 7) is 1.06. The summed E-state index contributed by atoms with van der Waals surface area (Å²) in [4.78, 5) is 82.1. The van der Waals surface area contributed by atoms with E-state index in [1.54, 1.807) is 22.2 Å². The molecule has 4 N–H and O–H groups in total. The lowest BCUT2D eigenvalue weighted by Gasteiger charge is -2.28. The van der Waals surface area contributed by atoms with Crippen LogP contribution in [-0.4, -0.2) is 91.0 Å². The first kappa shape index (κ1) is 38.8. The summed E-state index contributed by atoms with van der Waals surface area (Å²) in [6.07, 6.45) is 5.17. The van der Waals surface area contributed by atoms with Gasteiger partial charge in [0.15, 0.2) is 0 Å². The molecular weight excluding hydrogens is 805 g/mol. The number of aromatic nitrogens is 6. The highest BCUT2D eigenvalue weighted by Gasteiger charge is 2.39. The molecule has 4 aromatic heterocycles. The third kappa shape index (κ3) is 7.54. The van der Waals surface area contributed by atoms with Crippen molar-refractivity contribution in [2.45, 2.75) is 49.9 Å². The zero-order valence-corrected chi connectivity index (χ0v) is 34.2. The molecule has 2 unspecified atom stereocenters. The molecule has 7 aromatic rings. The van der Waals surface area contributed by atoms with Crippen molar-refractivity contribution in [2.75, 3.05) is 27.3 Å². The van der Waals surface area contributed by atoms with Gasteiger partial charge in [0.2, 0.25) is 0 Å². The number of carbonyl (C=O) groups is 4. The minimum atomic E-state index is -0.902. The van der Waals surface area contributed by atoms with Crippen molar-refractivity contribution in [2.24, 2.45) is 0 Å². The number of hydrogen-bond donors (Lipinski definition) is 4. The maximum absolute atomic E-state index is 13.9. The molecule has 2 saturated heterocycles. The maximum Gasteiger partial charge on any atom is 0.407 e. The highest BCUT2D eigenvalue weighted by Crippen LogP contribution is 2.39. The average Bonchev–Trinajstić information content (AvgIpc) is 4.14. The van der Waals surface area contributed by atoms with E-state index >= 15 is 0 Å². The van der Waals surface area contributed by atoms with Crippen LogP contribution in [0.3, 0.4) is 0 Å². The zero-order chi connectivity index (χ0) is 41.3. The predicted molar refractivity (Wildman–Crippen MR) is 225 cm³/mol. The molecular formula is C42H40N10O6S2. The molecule has 0 spiro atoms. The number of ether oxygens (including phenoxy) is 2. The predicted octanol–water partition coefficient (Wildman–Crippen LogP) is 7.21. The van der Waals surface area contributed by atoms with Crippen LogP contribution in [0.15, 0.2) is 85.2 Å². The number of nitrogens with zero attached hydrogens (tertiary/aromatic N) is 6. The highest BCUT2D eigenvalue weighted by molar-refractivity contribution is 7.23. The minimum Gasteiger partial charge on any atom is -0.453 e. The number of fused-ring (bicyclic) bond motifs is 2. The normalized spacial score (nSPS) is 17.5. The Kier molecular flexibility index (Phi) is 10.7. The standard InChI is InChI=1S/C42H40N10O6S2/c1-57-41(55)49-33(23-11-5-3-6-12-23)39(53)51-17-9-15-29(51)35-43-21-27(45-35)37-47-25-19-32-26(20-31(25)59-37)48-38(60-32)28-22-44-36(46-28)30-16-10-18-52(30)40(54)34(50-42(56)58-2)24-13-7-4-8-14-24/h3-8,11-14,19-22,29-30,33-34H,9-10,15-18H2,1-2H3,(H,43,45)(H,44,46)(H,49,55)(H,50,56)/t29-,30-,33?,34?/m0/s1. The van der Waals surface area contributed by atoms with Crippen LogP contribution in [0.1, 0.15) is 72.6 Å². The number of amides is 4. The van der Waals surface area contributed by atoms with E-state index < -0.39 is 24.3 Å². The lowest BCUT2D eigenvalue weighted by atomic mass is 10.1. The molecule has 16 nitrogen and oxygen atoms in total. The van der Waals surface area contributed by atoms with E-state index in [2.05, 4.69) is 20.6 Å². The van der Waals surface area contributed by atoms with Crippen molar-refractivity contribution in [1.29, 1.82) is 0 Å². The van der Waals surface area contributed by atoms with Gasteiger partial charge in [0.05, 0.1) is 70.5 Å². The van der Waals surface area contributed by atoms with Gasteiger partial charge in [-0.15, -0.1) is 22.7 Å². The fraction of sp³-hybridized carbons (Fsp3) is 0.286. The van der Waals surface area contributed by atoms with Gasteiger partial charge in [-0.1, -0.05) is 60.7 Å². The largest absolute Gasteiger partial charge is 0.453 e. The van der Waals surface area contributed by atoms with E-state index in [1.165, 1.54) is 36.9 Å². The molecule has 9 rings (SSSR count). The van der Waals surface area contributed by atoms with E-state index in [0.29, 0.717) is 35.9 Å². The van der Waals surface area contributed by atoms with Crippen molar-refractivity contribution >= 4 is 67.1 Å². The highest BCUT2D eigenvalue weighted by atomic mass is 32.1. The number of benzene rings is 3. The summed E-state index contributed by atoms with van der Waals surface area (Å²) in [5.41, 5.74) is 4.47. The lowest BCUT2D eigenvalue weighted by Crippen LogP contribution is -2.42. The molecule has 2 fully saturated rings. The van der Waals surface area contributed by atoms with Gasteiger partial charge >= 0.3 is 12.2 Å². The molecule has 18 heteroatoms. The van der Waals surface area contributed by atoms with Gasteiger partial charge in [-0.3, -0.25) is 9.59 Å². The second-order valence-corrected chi connectivity index (χ2v) is 16.6. The summed E-state index contributed by atoms with van der Waals surface area (Å²) >= 11 is 3.05. The summed E-state index contributed by atoms with van der Waals surface area (Å²) in [5.74, 6) is 0.848. The third-order valence-corrected chi connectivity index (χ3v) is 13.0. The van der Waals surface area contributed by atoms with Gasteiger partial charge in [0.1, 0.15) is 33.7 Å². The Morgan fingerprint density at radius 3 is 1.48 bits per heavy atom.